The molecule has 1 fully saturated rings. The lowest BCUT2D eigenvalue weighted by molar-refractivity contribution is -0.304. The van der Waals surface area contributed by atoms with Gasteiger partial charge in [-0.3, -0.25) is 9.69 Å². The van der Waals surface area contributed by atoms with Crippen LogP contribution in [0.1, 0.15) is 12.0 Å². The Kier molecular flexibility index (Phi) is 6.13. The number of aliphatic imine (C=N–C) groups is 1. The molecule has 0 aliphatic carbocycles. The second-order valence-corrected chi connectivity index (χ2v) is 7.17. The van der Waals surface area contributed by atoms with Gasteiger partial charge in [-0.2, -0.15) is 0 Å². The van der Waals surface area contributed by atoms with Crippen LogP contribution in [0.4, 0.5) is 5.69 Å². The first kappa shape index (κ1) is 19.0. The van der Waals surface area contributed by atoms with Crippen LogP contribution in [0.2, 0.25) is 0 Å². The van der Waals surface area contributed by atoms with Gasteiger partial charge in [0, 0.05) is 13.0 Å². The van der Waals surface area contributed by atoms with Crippen LogP contribution in [0.5, 0.6) is 5.75 Å². The molecule has 140 valence electrons. The van der Waals surface area contributed by atoms with Gasteiger partial charge >= 0.3 is 0 Å². The van der Waals surface area contributed by atoms with E-state index < -0.39 is 11.2 Å². The van der Waals surface area contributed by atoms with Crippen molar-refractivity contribution in [3.8, 4) is 5.75 Å². The zero-order valence-electron chi connectivity index (χ0n) is 14.8. The van der Waals surface area contributed by atoms with Gasteiger partial charge in [0.2, 0.25) is 5.91 Å². The molecule has 3 rings (SSSR count). The third kappa shape index (κ3) is 4.89. The first-order valence-corrected chi connectivity index (χ1v) is 9.39. The number of ether oxygens (including phenoxy) is 1. The summed E-state index contributed by atoms with van der Waals surface area (Å²) in [5.74, 6) is -0.735. The first-order chi connectivity index (χ1) is 13.1. The largest absolute Gasteiger partial charge is 0.549 e. The van der Waals surface area contributed by atoms with E-state index in [1.54, 1.807) is 12.0 Å². The number of hydrogen-bond donors (Lipinski definition) is 0. The topological polar surface area (TPSA) is 82.0 Å². The van der Waals surface area contributed by atoms with E-state index in [1.165, 1.54) is 0 Å². The summed E-state index contributed by atoms with van der Waals surface area (Å²) in [5.41, 5.74) is 1.72. The molecule has 2 aromatic rings. The summed E-state index contributed by atoms with van der Waals surface area (Å²) in [6.07, 6.45) is 0.531. The highest BCUT2D eigenvalue weighted by molar-refractivity contribution is 8.15. The molecule has 1 aliphatic heterocycles. The number of carboxylic acids is 1. The molecular weight excluding hydrogens is 364 g/mol. The van der Waals surface area contributed by atoms with Gasteiger partial charge in [0.25, 0.3) is 0 Å². The number of carboxylic acid groups (broad SMARTS) is 1. The van der Waals surface area contributed by atoms with E-state index in [2.05, 4.69) is 4.99 Å². The van der Waals surface area contributed by atoms with Gasteiger partial charge in [-0.15, -0.1) is 0 Å². The van der Waals surface area contributed by atoms with E-state index in [1.807, 2.05) is 54.6 Å². The molecule has 27 heavy (non-hydrogen) atoms. The van der Waals surface area contributed by atoms with Crippen molar-refractivity contribution in [1.29, 1.82) is 0 Å². The number of hydrogen-bond acceptors (Lipinski definition) is 6. The summed E-state index contributed by atoms with van der Waals surface area (Å²) < 4.78 is 5.15. The third-order valence-electron chi connectivity index (χ3n) is 4.17. The van der Waals surface area contributed by atoms with Crippen LogP contribution in [0.15, 0.2) is 59.6 Å². The number of thioether (sulfide) groups is 1. The highest BCUT2D eigenvalue weighted by atomic mass is 32.2. The lowest BCUT2D eigenvalue weighted by atomic mass is 10.1. The van der Waals surface area contributed by atoms with E-state index in [0.717, 1.165) is 23.1 Å². The molecule has 0 N–H and O–H groups in total. The monoisotopic (exact) mass is 383 g/mol. The molecule has 1 atom stereocenters. The maximum absolute atomic E-state index is 12.6. The van der Waals surface area contributed by atoms with Crippen LogP contribution in [0.3, 0.4) is 0 Å². The van der Waals surface area contributed by atoms with Gasteiger partial charge in [0.15, 0.2) is 5.17 Å². The summed E-state index contributed by atoms with van der Waals surface area (Å²) in [5, 5.41) is 10.7. The van der Waals surface area contributed by atoms with E-state index in [9.17, 15) is 14.7 Å². The fourth-order valence-corrected chi connectivity index (χ4v) is 3.75. The summed E-state index contributed by atoms with van der Waals surface area (Å²) in [6.45, 7) is 0.420. The SMILES string of the molecule is COc1ccc(CCN2C(=O)C[C@@H](C(=O)[O-])SC2=Nc2ccccc2)cc1. The Hall–Kier alpha value is -2.80. The summed E-state index contributed by atoms with van der Waals surface area (Å²) >= 11 is 1.06. The Morgan fingerprint density at radius 1 is 1.22 bits per heavy atom. The second-order valence-electron chi connectivity index (χ2n) is 6.00. The Bertz CT molecular complexity index is 837. The van der Waals surface area contributed by atoms with Crippen molar-refractivity contribution >= 4 is 34.5 Å². The molecule has 1 saturated heterocycles. The first-order valence-electron chi connectivity index (χ1n) is 8.51. The van der Waals surface area contributed by atoms with Crippen LogP contribution in [-0.2, 0) is 16.0 Å². The number of benzene rings is 2. The van der Waals surface area contributed by atoms with Gasteiger partial charge in [0.05, 0.1) is 24.0 Å². The highest BCUT2D eigenvalue weighted by Crippen LogP contribution is 2.29. The third-order valence-corrected chi connectivity index (χ3v) is 5.33. The second kappa shape index (κ2) is 8.73. The highest BCUT2D eigenvalue weighted by Gasteiger charge is 2.32. The molecule has 0 unspecified atom stereocenters. The molecule has 1 heterocycles. The molecule has 1 aliphatic rings. The number of amidine groups is 1. The Morgan fingerprint density at radius 2 is 1.93 bits per heavy atom. The average Bonchev–Trinajstić information content (AvgIpc) is 2.68. The number of methoxy groups -OCH3 is 1. The number of para-hydroxylation sites is 1. The molecule has 0 bridgehead atoms. The van der Waals surface area contributed by atoms with Crippen LogP contribution in [0.25, 0.3) is 0 Å². The summed E-state index contributed by atoms with van der Waals surface area (Å²) in [6, 6.07) is 16.8. The van der Waals surface area contributed by atoms with Crippen molar-refractivity contribution in [3.05, 3.63) is 60.2 Å². The van der Waals surface area contributed by atoms with Crippen molar-refractivity contribution in [2.75, 3.05) is 13.7 Å². The number of carbonyl (C=O) groups is 2. The number of carbonyl (C=O) groups excluding carboxylic acids is 2. The van der Waals surface area contributed by atoms with Crippen molar-refractivity contribution < 1.29 is 19.4 Å². The Labute approximate surface area is 161 Å². The van der Waals surface area contributed by atoms with E-state index in [0.29, 0.717) is 23.8 Å². The predicted molar refractivity (Wildman–Crippen MR) is 103 cm³/mol. The van der Waals surface area contributed by atoms with Crippen molar-refractivity contribution in [1.82, 2.24) is 4.90 Å². The van der Waals surface area contributed by atoms with Gasteiger partial charge in [-0.25, -0.2) is 4.99 Å². The standard InChI is InChI=1S/C20H20N2O4S/c1-26-16-9-7-14(8-10-16)11-12-22-18(23)13-17(19(24)25)27-20(22)21-15-5-3-2-4-6-15/h2-10,17H,11-13H2,1H3,(H,24,25)/p-1/t17-/m0/s1. The molecule has 0 radical (unpaired) electrons. The molecule has 6 nitrogen and oxygen atoms in total. The van der Waals surface area contributed by atoms with Gasteiger partial charge < -0.3 is 14.6 Å². The van der Waals surface area contributed by atoms with Gasteiger partial charge in [-0.05, 0) is 36.2 Å². The summed E-state index contributed by atoms with van der Waals surface area (Å²) in [4.78, 5) is 29.9. The number of rotatable bonds is 6. The molecule has 1 amide bonds. The predicted octanol–water partition coefficient (Wildman–Crippen LogP) is 2.01. The minimum Gasteiger partial charge on any atom is -0.549 e. The lowest BCUT2D eigenvalue weighted by Crippen LogP contribution is -2.48. The Balaban J connectivity index is 1.79. The molecule has 0 spiro atoms. The maximum Gasteiger partial charge on any atom is 0.230 e. The van der Waals surface area contributed by atoms with Crippen LogP contribution in [0, 0.1) is 0 Å². The minimum absolute atomic E-state index is 0.0938. The van der Waals surface area contributed by atoms with Crippen LogP contribution < -0.4 is 9.84 Å². The number of nitrogens with zero attached hydrogens (tertiary/aromatic N) is 2. The van der Waals surface area contributed by atoms with Gasteiger partial charge in [0.1, 0.15) is 5.75 Å². The minimum atomic E-state index is -1.25. The zero-order chi connectivity index (χ0) is 19.2. The number of amides is 1. The summed E-state index contributed by atoms with van der Waals surface area (Å²) in [7, 11) is 1.61. The molecule has 0 saturated carbocycles. The van der Waals surface area contributed by atoms with Crippen molar-refractivity contribution in [3.63, 3.8) is 0 Å². The fraction of sp³-hybridized carbons (Fsp3) is 0.250. The fourth-order valence-electron chi connectivity index (χ4n) is 2.69. The van der Waals surface area contributed by atoms with Gasteiger partial charge in [-0.1, -0.05) is 42.1 Å². The zero-order valence-corrected chi connectivity index (χ0v) is 15.6. The van der Waals surface area contributed by atoms with Crippen molar-refractivity contribution in [2.24, 2.45) is 4.99 Å². The molecule has 7 heteroatoms. The molecular formula is C20H19N2O4S-. The van der Waals surface area contributed by atoms with Crippen molar-refractivity contribution in [2.45, 2.75) is 18.1 Å². The smallest absolute Gasteiger partial charge is 0.230 e. The lowest BCUT2D eigenvalue weighted by Gasteiger charge is -2.32. The van der Waals surface area contributed by atoms with E-state index in [-0.39, 0.29) is 12.3 Å². The normalized spacial score (nSPS) is 18.6. The number of aliphatic carboxylic acids is 1. The molecule has 2 aromatic carbocycles. The van der Waals surface area contributed by atoms with Crippen LogP contribution >= 0.6 is 11.8 Å². The Morgan fingerprint density at radius 3 is 2.56 bits per heavy atom. The quantitative estimate of drug-likeness (QED) is 0.762. The maximum atomic E-state index is 12.6. The van der Waals surface area contributed by atoms with Crippen LogP contribution in [-0.4, -0.2) is 40.8 Å². The van der Waals surface area contributed by atoms with E-state index in [4.69, 9.17) is 4.74 Å². The average molecular weight is 383 g/mol. The molecule has 0 aromatic heterocycles. The van der Waals surface area contributed by atoms with E-state index >= 15 is 0 Å².